The lowest BCUT2D eigenvalue weighted by Crippen LogP contribution is -2.40. The molecular formula is C22H27N3O8S. The molecule has 4 rings (SSSR count). The molecule has 0 unspecified atom stereocenters. The van der Waals surface area contributed by atoms with Crippen LogP contribution in [0.3, 0.4) is 0 Å². The Morgan fingerprint density at radius 1 is 1.00 bits per heavy atom. The number of morpholine rings is 1. The van der Waals surface area contributed by atoms with E-state index in [1.54, 1.807) is 0 Å². The standard InChI is InChI=1S/C22H27N3O8S/c26-19(14-33-20(27)13-25-21(28)17-3-1-2-4-18(17)22(25)29)23-15-5-7-16(8-6-15)34(30,31)24-9-11-32-12-10-24/h5-8,17-18H,1-4,9-14H2,(H,23,26)/t17-,18-/m0/s1. The van der Waals surface area contributed by atoms with E-state index in [0.29, 0.717) is 31.7 Å². The number of likely N-dealkylation sites (tertiary alicyclic amines) is 1. The Bertz CT molecular complexity index is 1040. The number of sulfonamides is 1. The van der Waals surface area contributed by atoms with E-state index in [4.69, 9.17) is 9.47 Å². The van der Waals surface area contributed by atoms with Crippen molar-refractivity contribution < 1.29 is 37.1 Å². The molecule has 3 amide bonds. The largest absolute Gasteiger partial charge is 0.454 e. The Morgan fingerprint density at radius 3 is 2.18 bits per heavy atom. The fourth-order valence-electron chi connectivity index (χ4n) is 4.55. The summed E-state index contributed by atoms with van der Waals surface area (Å²) in [6.45, 7) is 0.132. The zero-order chi connectivity index (χ0) is 24.3. The zero-order valence-electron chi connectivity index (χ0n) is 18.6. The molecule has 1 aromatic carbocycles. The van der Waals surface area contributed by atoms with Gasteiger partial charge >= 0.3 is 5.97 Å². The first-order chi connectivity index (χ1) is 16.3. The number of rotatable bonds is 7. The summed E-state index contributed by atoms with van der Waals surface area (Å²) in [4.78, 5) is 50.2. The summed E-state index contributed by atoms with van der Waals surface area (Å²) in [5.41, 5.74) is 0.330. The molecule has 2 aliphatic heterocycles. The highest BCUT2D eigenvalue weighted by molar-refractivity contribution is 7.89. The van der Waals surface area contributed by atoms with Gasteiger partial charge in [0.25, 0.3) is 5.91 Å². The van der Waals surface area contributed by atoms with Crippen LogP contribution in [0, 0.1) is 11.8 Å². The number of esters is 1. The van der Waals surface area contributed by atoms with E-state index in [0.717, 1.165) is 17.7 Å². The van der Waals surface area contributed by atoms with Crippen LogP contribution < -0.4 is 5.32 Å². The third kappa shape index (κ3) is 5.13. The lowest BCUT2D eigenvalue weighted by Gasteiger charge is -2.26. The van der Waals surface area contributed by atoms with Gasteiger partial charge in [-0.05, 0) is 37.1 Å². The number of nitrogens with one attached hydrogen (secondary N) is 1. The van der Waals surface area contributed by atoms with Crippen molar-refractivity contribution in [3.8, 4) is 0 Å². The number of anilines is 1. The lowest BCUT2D eigenvalue weighted by molar-refractivity contribution is -0.154. The van der Waals surface area contributed by atoms with Crippen molar-refractivity contribution in [2.45, 2.75) is 30.6 Å². The molecular weight excluding hydrogens is 466 g/mol. The summed E-state index contributed by atoms with van der Waals surface area (Å²) in [5.74, 6) is -2.88. The van der Waals surface area contributed by atoms with Crippen LogP contribution in [0.15, 0.2) is 29.2 Å². The number of ether oxygens (including phenoxy) is 2. The molecule has 0 bridgehead atoms. The van der Waals surface area contributed by atoms with Crippen molar-refractivity contribution in [1.29, 1.82) is 0 Å². The molecule has 1 N–H and O–H groups in total. The number of carbonyl (C=O) groups is 4. The third-order valence-corrected chi connectivity index (χ3v) is 8.24. The normalized spacial score (nSPS) is 23.5. The second-order valence-electron chi connectivity index (χ2n) is 8.51. The predicted octanol–water partition coefficient (Wildman–Crippen LogP) is 0.364. The summed E-state index contributed by atoms with van der Waals surface area (Å²) in [6, 6.07) is 5.65. The number of amides is 3. The molecule has 12 heteroatoms. The zero-order valence-corrected chi connectivity index (χ0v) is 19.4. The third-order valence-electron chi connectivity index (χ3n) is 6.33. The molecule has 2 atom stereocenters. The highest BCUT2D eigenvalue weighted by Gasteiger charge is 2.48. The SMILES string of the molecule is O=C(COC(=O)CN1C(=O)[C@H]2CCCC[C@@H]2C1=O)Nc1ccc(S(=O)(=O)N2CCOCC2)cc1. The van der Waals surface area contributed by atoms with Gasteiger partial charge in [0.15, 0.2) is 6.61 Å². The maximum atomic E-state index is 12.6. The molecule has 0 spiro atoms. The van der Waals surface area contributed by atoms with E-state index >= 15 is 0 Å². The average Bonchev–Trinajstić information content (AvgIpc) is 3.08. The molecule has 2 saturated heterocycles. The van der Waals surface area contributed by atoms with Crippen LogP contribution in [-0.2, 0) is 38.7 Å². The summed E-state index contributed by atoms with van der Waals surface area (Å²) in [6.07, 6.45) is 3.07. The number of fused-ring (bicyclic) bond motifs is 1. The quantitative estimate of drug-likeness (QED) is 0.424. The van der Waals surface area contributed by atoms with Gasteiger partial charge in [0.1, 0.15) is 6.54 Å². The van der Waals surface area contributed by atoms with E-state index in [2.05, 4.69) is 5.32 Å². The van der Waals surface area contributed by atoms with Crippen LogP contribution >= 0.6 is 0 Å². The Balaban J connectivity index is 1.26. The van der Waals surface area contributed by atoms with E-state index in [1.165, 1.54) is 28.6 Å². The number of hydrogen-bond donors (Lipinski definition) is 1. The Labute approximate surface area is 197 Å². The second-order valence-corrected chi connectivity index (χ2v) is 10.4. The average molecular weight is 494 g/mol. The molecule has 1 aliphatic carbocycles. The molecule has 34 heavy (non-hydrogen) atoms. The Hall–Kier alpha value is -2.83. The van der Waals surface area contributed by atoms with Gasteiger partial charge in [-0.2, -0.15) is 4.31 Å². The number of benzene rings is 1. The highest BCUT2D eigenvalue weighted by Crippen LogP contribution is 2.37. The second kappa shape index (κ2) is 10.2. The van der Waals surface area contributed by atoms with Gasteiger partial charge in [0.05, 0.1) is 29.9 Å². The minimum atomic E-state index is -3.65. The van der Waals surface area contributed by atoms with Crippen LogP contribution in [0.5, 0.6) is 0 Å². The van der Waals surface area contributed by atoms with Crippen LogP contribution in [0.1, 0.15) is 25.7 Å². The van der Waals surface area contributed by atoms with Crippen LogP contribution in [-0.4, -0.2) is 80.8 Å². The first-order valence-corrected chi connectivity index (χ1v) is 12.7. The summed E-state index contributed by atoms with van der Waals surface area (Å²) >= 11 is 0. The summed E-state index contributed by atoms with van der Waals surface area (Å²) in [5, 5.41) is 2.52. The van der Waals surface area contributed by atoms with Gasteiger partial charge in [-0.3, -0.25) is 24.1 Å². The molecule has 1 saturated carbocycles. The Kier molecular flexibility index (Phi) is 7.29. The number of nitrogens with zero attached hydrogens (tertiary/aromatic N) is 2. The van der Waals surface area contributed by atoms with Crippen molar-refractivity contribution in [2.75, 3.05) is 44.8 Å². The molecule has 11 nitrogen and oxygen atoms in total. The van der Waals surface area contributed by atoms with Gasteiger partial charge in [0, 0.05) is 18.8 Å². The van der Waals surface area contributed by atoms with Crippen molar-refractivity contribution in [2.24, 2.45) is 11.8 Å². The van der Waals surface area contributed by atoms with Gasteiger partial charge in [0.2, 0.25) is 21.8 Å². The van der Waals surface area contributed by atoms with Crippen molar-refractivity contribution >= 4 is 39.4 Å². The first kappa shape index (κ1) is 24.3. The first-order valence-electron chi connectivity index (χ1n) is 11.3. The highest BCUT2D eigenvalue weighted by atomic mass is 32.2. The fourth-order valence-corrected chi connectivity index (χ4v) is 5.96. The smallest absolute Gasteiger partial charge is 0.326 e. The van der Waals surface area contributed by atoms with Gasteiger partial charge in [-0.1, -0.05) is 12.8 Å². The summed E-state index contributed by atoms with van der Waals surface area (Å²) < 4.78 is 36.7. The maximum absolute atomic E-state index is 12.6. The van der Waals surface area contributed by atoms with Gasteiger partial charge < -0.3 is 14.8 Å². The van der Waals surface area contributed by atoms with Crippen LogP contribution in [0.4, 0.5) is 5.69 Å². The molecule has 3 fully saturated rings. The Morgan fingerprint density at radius 2 is 1.59 bits per heavy atom. The maximum Gasteiger partial charge on any atom is 0.326 e. The number of carbonyl (C=O) groups excluding carboxylic acids is 4. The van der Waals surface area contributed by atoms with Gasteiger partial charge in [-0.15, -0.1) is 0 Å². The minimum absolute atomic E-state index is 0.0966. The molecule has 3 aliphatic rings. The number of hydrogen-bond acceptors (Lipinski definition) is 8. The molecule has 0 aromatic heterocycles. The van der Waals surface area contributed by atoms with E-state index in [1.807, 2.05) is 0 Å². The monoisotopic (exact) mass is 493 g/mol. The fraction of sp³-hybridized carbons (Fsp3) is 0.545. The van der Waals surface area contributed by atoms with E-state index in [9.17, 15) is 27.6 Å². The van der Waals surface area contributed by atoms with Gasteiger partial charge in [-0.25, -0.2) is 8.42 Å². The van der Waals surface area contributed by atoms with E-state index in [-0.39, 0.29) is 41.6 Å². The molecule has 0 radical (unpaired) electrons. The van der Waals surface area contributed by atoms with Crippen molar-refractivity contribution in [1.82, 2.24) is 9.21 Å². The predicted molar refractivity (Wildman–Crippen MR) is 118 cm³/mol. The number of imide groups is 1. The van der Waals surface area contributed by atoms with Crippen molar-refractivity contribution in [3.63, 3.8) is 0 Å². The molecule has 1 aromatic rings. The summed E-state index contributed by atoms with van der Waals surface area (Å²) in [7, 11) is -3.65. The van der Waals surface area contributed by atoms with Crippen LogP contribution in [0.2, 0.25) is 0 Å². The van der Waals surface area contributed by atoms with Crippen LogP contribution in [0.25, 0.3) is 0 Å². The molecule has 184 valence electrons. The lowest BCUT2D eigenvalue weighted by atomic mass is 9.81. The van der Waals surface area contributed by atoms with E-state index < -0.39 is 35.1 Å². The topological polar surface area (TPSA) is 139 Å². The minimum Gasteiger partial charge on any atom is -0.454 e. The molecule has 2 heterocycles. The van der Waals surface area contributed by atoms with Crippen molar-refractivity contribution in [3.05, 3.63) is 24.3 Å².